The summed E-state index contributed by atoms with van der Waals surface area (Å²) in [7, 11) is -1.50. The van der Waals surface area contributed by atoms with Crippen LogP contribution in [0, 0.1) is 5.41 Å². The Balaban J connectivity index is 1.20. The predicted octanol–water partition coefficient (Wildman–Crippen LogP) is 2.82. The van der Waals surface area contributed by atoms with Gasteiger partial charge in [-0.05, 0) is 73.2 Å². The number of pyridine rings is 1. The molecule has 3 heterocycles. The number of aromatic nitrogens is 1. The quantitative estimate of drug-likeness (QED) is 0.326. The van der Waals surface area contributed by atoms with Crippen molar-refractivity contribution in [3.05, 3.63) is 88.6 Å². The first kappa shape index (κ1) is 31.8. The normalized spacial score (nSPS) is 20.2. The van der Waals surface area contributed by atoms with Crippen molar-refractivity contribution in [3.8, 4) is 0 Å². The first-order chi connectivity index (χ1) is 21.9. The van der Waals surface area contributed by atoms with Crippen molar-refractivity contribution < 1.29 is 22.8 Å². The van der Waals surface area contributed by atoms with Crippen molar-refractivity contribution in [2.24, 2.45) is 5.41 Å². The fourth-order valence-corrected chi connectivity index (χ4v) is 7.95. The van der Waals surface area contributed by atoms with E-state index in [1.165, 1.54) is 10.6 Å². The number of rotatable bonds is 9. The fourth-order valence-electron chi connectivity index (χ4n) is 7.11. The lowest BCUT2D eigenvalue weighted by molar-refractivity contribution is -0.146. The first-order valence-corrected chi connectivity index (χ1v) is 17.4. The Morgan fingerprint density at radius 3 is 2.46 bits per heavy atom. The van der Waals surface area contributed by atoms with E-state index in [-0.39, 0.29) is 43.9 Å². The molecule has 12 heteroatoms. The smallest absolute Gasteiger partial charge is 0.244 e. The molecule has 0 unspecified atom stereocenters. The fraction of sp³-hybridized carbons (Fsp3) is 0.412. The van der Waals surface area contributed by atoms with E-state index in [0.717, 1.165) is 27.8 Å². The Bertz CT molecular complexity index is 1800. The topological polar surface area (TPSA) is 141 Å². The maximum Gasteiger partial charge on any atom is 0.244 e. The van der Waals surface area contributed by atoms with Crippen molar-refractivity contribution in [2.75, 3.05) is 43.6 Å². The van der Waals surface area contributed by atoms with Crippen LogP contribution in [0.1, 0.15) is 47.6 Å². The van der Waals surface area contributed by atoms with Gasteiger partial charge in [-0.1, -0.05) is 43.3 Å². The maximum absolute atomic E-state index is 14.2. The van der Waals surface area contributed by atoms with E-state index >= 15 is 0 Å². The molecule has 1 fully saturated rings. The van der Waals surface area contributed by atoms with Gasteiger partial charge in [0.15, 0.2) is 0 Å². The number of carbonyl (C=O) groups is 3. The summed E-state index contributed by atoms with van der Waals surface area (Å²) >= 11 is 0. The lowest BCUT2D eigenvalue weighted by Gasteiger charge is -2.40. The molecule has 0 radical (unpaired) electrons. The summed E-state index contributed by atoms with van der Waals surface area (Å²) in [6.45, 7) is 3.06. The van der Waals surface area contributed by atoms with Gasteiger partial charge in [-0.25, -0.2) is 17.7 Å². The number of sulfonamides is 1. The molecule has 3 aromatic rings. The molecule has 0 saturated carbocycles. The van der Waals surface area contributed by atoms with Crippen LogP contribution in [-0.2, 0) is 55.8 Å². The second kappa shape index (κ2) is 12.2. The second-order valence-corrected chi connectivity index (χ2v) is 15.0. The zero-order valence-corrected chi connectivity index (χ0v) is 27.2. The average molecular weight is 645 g/mol. The number of amides is 3. The van der Waals surface area contributed by atoms with E-state index in [9.17, 15) is 22.8 Å². The highest BCUT2D eigenvalue weighted by atomic mass is 32.2. The number of benzene rings is 2. The number of fused-ring (bicyclic) bond motifs is 3. The third-order valence-electron chi connectivity index (χ3n) is 9.74. The number of anilines is 2. The molecule has 1 saturated heterocycles. The highest BCUT2D eigenvalue weighted by Gasteiger charge is 2.51. The minimum absolute atomic E-state index is 0.0634. The summed E-state index contributed by atoms with van der Waals surface area (Å²) in [5.41, 5.74) is 3.98. The Kier molecular flexibility index (Phi) is 8.47. The number of piperidine rings is 1. The minimum Gasteiger partial charge on any atom is -0.329 e. The van der Waals surface area contributed by atoms with E-state index < -0.39 is 20.9 Å². The summed E-state index contributed by atoms with van der Waals surface area (Å²) in [6.07, 6.45) is 4.66. The monoisotopic (exact) mass is 644 g/mol. The van der Waals surface area contributed by atoms with Crippen LogP contribution in [0.2, 0.25) is 0 Å². The molecule has 2 aromatic carbocycles. The molecular weight excluding hydrogens is 604 g/mol. The lowest BCUT2D eigenvalue weighted by atomic mass is 9.79. The van der Waals surface area contributed by atoms with Crippen molar-refractivity contribution in [1.29, 1.82) is 0 Å². The first-order valence-electron chi connectivity index (χ1n) is 15.6. The number of hydrogen-bond acceptors (Lipinski definition) is 7. The Morgan fingerprint density at radius 2 is 1.74 bits per heavy atom. The van der Waals surface area contributed by atoms with E-state index in [4.69, 9.17) is 0 Å². The third kappa shape index (κ3) is 6.04. The summed E-state index contributed by atoms with van der Waals surface area (Å²) in [6, 6.07) is 17.3. The minimum atomic E-state index is -3.35. The molecular formula is C34H40N6O5S. The van der Waals surface area contributed by atoms with Gasteiger partial charge in [-0.15, -0.1) is 0 Å². The molecule has 3 aliphatic rings. The number of nitrogens with zero attached hydrogens (tertiary/aromatic N) is 3. The Morgan fingerprint density at radius 1 is 1.02 bits per heavy atom. The number of hydrogen-bond donors (Lipinski definition) is 3. The van der Waals surface area contributed by atoms with Crippen molar-refractivity contribution >= 4 is 39.3 Å². The summed E-state index contributed by atoms with van der Waals surface area (Å²) < 4.78 is 25.7. The molecule has 3 amide bonds. The van der Waals surface area contributed by atoms with E-state index in [1.807, 2.05) is 68.6 Å². The number of nitrogens with one attached hydrogen (secondary N) is 3. The Labute approximate surface area is 269 Å². The van der Waals surface area contributed by atoms with Gasteiger partial charge in [-0.3, -0.25) is 14.4 Å². The van der Waals surface area contributed by atoms with Crippen LogP contribution < -0.4 is 16.0 Å². The summed E-state index contributed by atoms with van der Waals surface area (Å²) in [5.74, 6) is 0.0278. The lowest BCUT2D eigenvalue weighted by Crippen LogP contribution is -2.51. The molecule has 2 aliphatic heterocycles. The standard InChI is InChI=1S/C34H40N6O5S/c1-33(12-15-40(16-13-33)46(3,44)45)32(43)39(21-25-8-5-4-7-24(25)20-35-2)22-29(41)37-27-11-10-23-18-34(19-26(23)17-27)28-9-6-14-36-30(28)38-31(34)42/h4-11,14,17,35H,12-13,15-16,18-22H2,1-3H3,(H,37,41)(H,36,38,42)/t34-/m1/s1. The summed E-state index contributed by atoms with van der Waals surface area (Å²) in [5, 5.41) is 9.07. The largest absolute Gasteiger partial charge is 0.329 e. The van der Waals surface area contributed by atoms with Gasteiger partial charge < -0.3 is 20.9 Å². The molecule has 1 aliphatic carbocycles. The SMILES string of the molecule is CNCc1ccccc1CN(CC(=O)Nc1ccc2c(c1)C[C@@]1(C2)C(=O)Nc2ncccc21)C(=O)C1(C)CCN(S(C)(=O)=O)CC1. The van der Waals surface area contributed by atoms with Gasteiger partial charge >= 0.3 is 0 Å². The summed E-state index contributed by atoms with van der Waals surface area (Å²) in [4.78, 5) is 46.8. The molecule has 1 aromatic heterocycles. The van der Waals surface area contributed by atoms with Gasteiger partial charge in [0.05, 0.1) is 11.7 Å². The average Bonchev–Trinajstić information content (AvgIpc) is 3.53. The maximum atomic E-state index is 14.2. The van der Waals surface area contributed by atoms with E-state index in [1.54, 1.807) is 11.1 Å². The van der Waals surface area contributed by atoms with Crippen molar-refractivity contribution in [2.45, 2.75) is 51.1 Å². The molecule has 242 valence electrons. The van der Waals surface area contributed by atoms with Crippen LogP contribution in [0.3, 0.4) is 0 Å². The van der Waals surface area contributed by atoms with Crippen LogP contribution >= 0.6 is 0 Å². The Hall–Kier alpha value is -4.13. The van der Waals surface area contributed by atoms with Crippen LogP contribution in [0.4, 0.5) is 11.5 Å². The van der Waals surface area contributed by atoms with Crippen LogP contribution in [-0.4, -0.2) is 73.3 Å². The molecule has 1 atom stereocenters. The van der Waals surface area contributed by atoms with Crippen LogP contribution in [0.25, 0.3) is 0 Å². The van der Waals surface area contributed by atoms with Gasteiger partial charge in [0.2, 0.25) is 27.7 Å². The van der Waals surface area contributed by atoms with Crippen LogP contribution in [0.15, 0.2) is 60.8 Å². The third-order valence-corrected chi connectivity index (χ3v) is 11.0. The van der Waals surface area contributed by atoms with Crippen molar-refractivity contribution in [1.82, 2.24) is 19.5 Å². The zero-order valence-electron chi connectivity index (χ0n) is 26.4. The molecule has 3 N–H and O–H groups in total. The van der Waals surface area contributed by atoms with Gasteiger partial charge in [0.1, 0.15) is 12.4 Å². The van der Waals surface area contributed by atoms with E-state index in [0.29, 0.717) is 43.7 Å². The van der Waals surface area contributed by atoms with E-state index in [2.05, 4.69) is 20.9 Å². The molecule has 6 rings (SSSR count). The second-order valence-electron chi connectivity index (χ2n) is 13.0. The van der Waals surface area contributed by atoms with Crippen LogP contribution in [0.5, 0.6) is 0 Å². The van der Waals surface area contributed by atoms with Crippen molar-refractivity contribution in [3.63, 3.8) is 0 Å². The highest BCUT2D eigenvalue weighted by molar-refractivity contribution is 7.88. The molecule has 46 heavy (non-hydrogen) atoms. The predicted molar refractivity (Wildman–Crippen MR) is 175 cm³/mol. The molecule has 11 nitrogen and oxygen atoms in total. The van der Waals surface area contributed by atoms with Gasteiger partial charge in [0.25, 0.3) is 0 Å². The van der Waals surface area contributed by atoms with Gasteiger partial charge in [-0.2, -0.15) is 0 Å². The zero-order chi connectivity index (χ0) is 32.7. The molecule has 1 spiro atoms. The highest BCUT2D eigenvalue weighted by Crippen LogP contribution is 2.47. The molecule has 0 bridgehead atoms. The number of carbonyl (C=O) groups excluding carboxylic acids is 3. The van der Waals surface area contributed by atoms with Gasteiger partial charge in [0, 0.05) is 49.0 Å².